The van der Waals surface area contributed by atoms with E-state index in [9.17, 15) is 3.89 Å². The minimum absolute atomic E-state index is 0.329. The molecule has 0 aromatic heterocycles. The van der Waals surface area contributed by atoms with Crippen molar-refractivity contribution in [1.82, 2.24) is 0 Å². The first-order valence-electron chi connectivity index (χ1n) is 3.66. The average molecular weight is 170 g/mol. The van der Waals surface area contributed by atoms with Gasteiger partial charge in [-0.2, -0.15) is 3.89 Å². The monoisotopic (exact) mass is 170 g/mol. The molecule has 1 aromatic rings. The molecule has 0 amide bonds. The second-order valence-corrected chi connectivity index (χ2v) is 3.14. The summed E-state index contributed by atoms with van der Waals surface area (Å²) >= 11 is 0.329. The molecule has 0 bridgehead atoms. The van der Waals surface area contributed by atoms with E-state index < -0.39 is 0 Å². The highest BCUT2D eigenvalue weighted by molar-refractivity contribution is 7.94. The van der Waals surface area contributed by atoms with Crippen molar-refractivity contribution in [2.45, 2.75) is 25.2 Å². The molecular formula is C9H11FS. The van der Waals surface area contributed by atoms with Crippen LogP contribution in [0.15, 0.2) is 23.1 Å². The third kappa shape index (κ3) is 1.96. The molecule has 0 heterocycles. The topological polar surface area (TPSA) is 0 Å². The van der Waals surface area contributed by atoms with Crippen LogP contribution in [0, 0.1) is 6.92 Å². The zero-order valence-electron chi connectivity index (χ0n) is 6.73. The number of hydrogen-bond acceptors (Lipinski definition) is 1. The quantitative estimate of drug-likeness (QED) is 0.654. The molecule has 0 fully saturated rings. The van der Waals surface area contributed by atoms with E-state index in [-0.39, 0.29) is 0 Å². The molecule has 0 spiro atoms. The summed E-state index contributed by atoms with van der Waals surface area (Å²) < 4.78 is 12.2. The Morgan fingerprint density at radius 1 is 1.45 bits per heavy atom. The Balaban J connectivity index is 3.06. The lowest BCUT2D eigenvalue weighted by molar-refractivity contribution is 0.925. The summed E-state index contributed by atoms with van der Waals surface area (Å²) in [6.45, 7) is 4.06. The fraction of sp³-hybridized carbons (Fsp3) is 0.333. The molecule has 0 nitrogen and oxygen atoms in total. The van der Waals surface area contributed by atoms with Gasteiger partial charge in [0.2, 0.25) is 0 Å². The SMILES string of the molecule is CCc1cc(C)ccc1SF. The zero-order chi connectivity index (χ0) is 8.27. The minimum atomic E-state index is 0.329. The molecule has 1 aromatic carbocycles. The number of aryl methyl sites for hydroxylation is 2. The maximum atomic E-state index is 12.2. The molecule has 0 aliphatic rings. The van der Waals surface area contributed by atoms with Gasteiger partial charge in [-0.05, 0) is 25.0 Å². The van der Waals surface area contributed by atoms with Gasteiger partial charge in [0.05, 0.1) is 12.1 Å². The molecule has 0 N–H and O–H groups in total. The highest BCUT2D eigenvalue weighted by Gasteiger charge is 2.00. The van der Waals surface area contributed by atoms with E-state index in [4.69, 9.17) is 0 Å². The fourth-order valence-corrected chi connectivity index (χ4v) is 1.48. The Labute approximate surface area is 71.1 Å². The van der Waals surface area contributed by atoms with E-state index in [1.807, 2.05) is 32.0 Å². The molecule has 2 heteroatoms. The lowest BCUT2D eigenvalue weighted by Crippen LogP contribution is -1.84. The first kappa shape index (κ1) is 8.60. The molecular weight excluding hydrogens is 159 g/mol. The molecule has 0 saturated carbocycles. The largest absolute Gasteiger partial charge is 0.160 e. The van der Waals surface area contributed by atoms with Gasteiger partial charge in [-0.25, -0.2) is 0 Å². The van der Waals surface area contributed by atoms with Crippen LogP contribution in [0.3, 0.4) is 0 Å². The predicted molar refractivity (Wildman–Crippen MR) is 47.5 cm³/mol. The van der Waals surface area contributed by atoms with Gasteiger partial charge in [0.25, 0.3) is 0 Å². The second-order valence-electron chi connectivity index (χ2n) is 2.54. The van der Waals surface area contributed by atoms with Gasteiger partial charge in [-0.3, -0.25) is 0 Å². The van der Waals surface area contributed by atoms with Gasteiger partial charge >= 0.3 is 0 Å². The number of rotatable bonds is 2. The van der Waals surface area contributed by atoms with E-state index in [0.29, 0.717) is 12.1 Å². The van der Waals surface area contributed by atoms with Crippen LogP contribution in [0.2, 0.25) is 0 Å². The predicted octanol–water partition coefficient (Wildman–Crippen LogP) is 3.53. The Morgan fingerprint density at radius 2 is 2.18 bits per heavy atom. The zero-order valence-corrected chi connectivity index (χ0v) is 7.54. The molecule has 0 unspecified atom stereocenters. The van der Waals surface area contributed by atoms with Gasteiger partial charge in [-0.1, -0.05) is 24.6 Å². The minimum Gasteiger partial charge on any atom is -0.160 e. The number of hydrogen-bond donors (Lipinski definition) is 0. The van der Waals surface area contributed by atoms with Crippen molar-refractivity contribution in [3.63, 3.8) is 0 Å². The Hall–Kier alpha value is -0.500. The maximum Gasteiger partial charge on any atom is 0.0815 e. The normalized spacial score (nSPS) is 10.1. The van der Waals surface area contributed by atoms with E-state index >= 15 is 0 Å². The van der Waals surface area contributed by atoms with Crippen molar-refractivity contribution in [1.29, 1.82) is 0 Å². The smallest absolute Gasteiger partial charge is 0.0815 e. The van der Waals surface area contributed by atoms with Gasteiger partial charge in [0.15, 0.2) is 0 Å². The van der Waals surface area contributed by atoms with E-state index in [1.165, 1.54) is 5.56 Å². The van der Waals surface area contributed by atoms with Gasteiger partial charge in [0, 0.05) is 4.90 Å². The van der Waals surface area contributed by atoms with Crippen molar-refractivity contribution >= 4 is 12.1 Å². The molecule has 0 aliphatic heterocycles. The van der Waals surface area contributed by atoms with Gasteiger partial charge in [-0.15, -0.1) is 0 Å². The van der Waals surface area contributed by atoms with Crippen molar-refractivity contribution in [3.8, 4) is 0 Å². The summed E-state index contributed by atoms with van der Waals surface area (Å²) in [5, 5.41) is 0. The second kappa shape index (κ2) is 3.77. The summed E-state index contributed by atoms with van der Waals surface area (Å²) in [6, 6.07) is 5.79. The fourth-order valence-electron chi connectivity index (χ4n) is 1.06. The summed E-state index contributed by atoms with van der Waals surface area (Å²) in [5.41, 5.74) is 2.29. The van der Waals surface area contributed by atoms with Crippen LogP contribution in [0.5, 0.6) is 0 Å². The van der Waals surface area contributed by atoms with Crippen LogP contribution < -0.4 is 0 Å². The molecule has 0 atom stereocenters. The Bertz CT molecular complexity index is 245. The lowest BCUT2D eigenvalue weighted by Gasteiger charge is -2.02. The third-order valence-corrected chi connectivity index (χ3v) is 2.24. The van der Waals surface area contributed by atoms with E-state index in [2.05, 4.69) is 0 Å². The molecule has 60 valence electrons. The Morgan fingerprint density at radius 3 is 2.73 bits per heavy atom. The van der Waals surface area contributed by atoms with Gasteiger partial charge < -0.3 is 0 Å². The van der Waals surface area contributed by atoms with E-state index in [0.717, 1.165) is 16.9 Å². The van der Waals surface area contributed by atoms with Crippen molar-refractivity contribution in [2.24, 2.45) is 0 Å². The maximum absolute atomic E-state index is 12.2. The van der Waals surface area contributed by atoms with Crippen LogP contribution in [0.25, 0.3) is 0 Å². The van der Waals surface area contributed by atoms with Crippen LogP contribution in [0.1, 0.15) is 18.1 Å². The molecule has 11 heavy (non-hydrogen) atoms. The van der Waals surface area contributed by atoms with Crippen LogP contribution in [-0.2, 0) is 6.42 Å². The summed E-state index contributed by atoms with van der Waals surface area (Å²) in [5.74, 6) is 0. The van der Waals surface area contributed by atoms with Crippen molar-refractivity contribution < 1.29 is 3.89 Å². The highest BCUT2D eigenvalue weighted by Crippen LogP contribution is 2.24. The number of benzene rings is 1. The average Bonchev–Trinajstić information content (AvgIpc) is 2.04. The molecule has 1 rings (SSSR count). The highest BCUT2D eigenvalue weighted by atomic mass is 32.2. The van der Waals surface area contributed by atoms with Crippen LogP contribution >= 0.6 is 12.1 Å². The molecule has 0 aliphatic carbocycles. The standard InChI is InChI=1S/C9H11FS/c1-3-8-6-7(2)4-5-9(8)11-10/h4-6H,3H2,1-2H3. The summed E-state index contributed by atoms with van der Waals surface area (Å²) in [6.07, 6.45) is 0.897. The first-order chi connectivity index (χ1) is 5.27. The summed E-state index contributed by atoms with van der Waals surface area (Å²) in [4.78, 5) is 0.748. The van der Waals surface area contributed by atoms with Crippen molar-refractivity contribution in [3.05, 3.63) is 29.3 Å². The molecule has 0 saturated heterocycles. The van der Waals surface area contributed by atoms with Crippen LogP contribution in [-0.4, -0.2) is 0 Å². The number of halogens is 1. The first-order valence-corrected chi connectivity index (χ1v) is 4.37. The molecule has 0 radical (unpaired) electrons. The Kier molecular flexibility index (Phi) is 2.94. The van der Waals surface area contributed by atoms with Gasteiger partial charge in [0.1, 0.15) is 0 Å². The summed E-state index contributed by atoms with van der Waals surface area (Å²) in [7, 11) is 0. The third-order valence-electron chi connectivity index (χ3n) is 1.68. The van der Waals surface area contributed by atoms with Crippen LogP contribution in [0.4, 0.5) is 3.89 Å². The lowest BCUT2D eigenvalue weighted by atomic mass is 10.1. The van der Waals surface area contributed by atoms with Crippen molar-refractivity contribution in [2.75, 3.05) is 0 Å². The van der Waals surface area contributed by atoms with E-state index in [1.54, 1.807) is 0 Å².